The zero-order chi connectivity index (χ0) is 33.8. The number of aliphatic hydroxyl groups is 1. The van der Waals surface area contributed by atoms with E-state index in [1.54, 1.807) is 66.1 Å². The number of ether oxygens (including phenoxy) is 2. The number of unbranched alkanes of at least 4 members (excludes halogenated alkanes) is 2. The summed E-state index contributed by atoms with van der Waals surface area (Å²) in [5, 5.41) is 20.6. The topological polar surface area (TPSA) is 119 Å². The average Bonchev–Trinajstić information content (AvgIpc) is 3.76. The number of fused-ring (bicyclic) bond motifs is 1. The lowest BCUT2D eigenvalue weighted by Gasteiger charge is -2.23. The van der Waals surface area contributed by atoms with Gasteiger partial charge in [0.1, 0.15) is 17.2 Å². The maximum atomic E-state index is 14.3. The van der Waals surface area contributed by atoms with Gasteiger partial charge in [0.2, 0.25) is 5.13 Å². The summed E-state index contributed by atoms with van der Waals surface area (Å²) in [6, 6.07) is 16.0. The van der Waals surface area contributed by atoms with E-state index >= 15 is 0 Å². The van der Waals surface area contributed by atoms with Gasteiger partial charge in [0, 0.05) is 11.9 Å². The average molecular weight is 688 g/mol. The monoisotopic (exact) mass is 687 g/mol. The molecule has 0 saturated carbocycles. The van der Waals surface area contributed by atoms with E-state index in [1.807, 2.05) is 13.0 Å². The summed E-state index contributed by atoms with van der Waals surface area (Å²) in [7, 11) is 0. The fraction of sp³-hybridized carbons (Fsp3) is 0.286. The van der Waals surface area contributed by atoms with Gasteiger partial charge in [-0.2, -0.15) is 0 Å². The maximum Gasteiger partial charge on any atom is 0.301 e. The Hall–Kier alpha value is -4.75. The van der Waals surface area contributed by atoms with Crippen LogP contribution in [0.25, 0.3) is 11.4 Å². The Morgan fingerprint density at radius 1 is 1.02 bits per heavy atom. The summed E-state index contributed by atoms with van der Waals surface area (Å²) in [5.41, 5.74) is 2.24. The summed E-state index contributed by atoms with van der Waals surface area (Å²) in [6.45, 7) is 6.57. The van der Waals surface area contributed by atoms with Crippen LogP contribution >= 0.6 is 23.1 Å². The molecule has 1 unspecified atom stereocenters. The zero-order valence-corrected chi connectivity index (χ0v) is 28.3. The summed E-state index contributed by atoms with van der Waals surface area (Å²) in [4.78, 5) is 33.6. The number of ketones is 1. The third-order valence-corrected chi connectivity index (χ3v) is 9.98. The van der Waals surface area contributed by atoms with E-state index in [0.717, 1.165) is 30.6 Å². The summed E-state index contributed by atoms with van der Waals surface area (Å²) >= 11 is 2.37. The van der Waals surface area contributed by atoms with Gasteiger partial charge in [-0.05, 0) is 61.7 Å². The minimum absolute atomic E-state index is 0.122. The first-order valence-corrected chi connectivity index (χ1v) is 17.5. The van der Waals surface area contributed by atoms with E-state index in [1.165, 1.54) is 22.7 Å². The van der Waals surface area contributed by atoms with Crippen LogP contribution in [0, 0.1) is 12.7 Å². The van der Waals surface area contributed by atoms with Crippen LogP contribution in [0.3, 0.4) is 0 Å². The number of aliphatic hydroxyl groups excluding tert-OH is 1. The highest BCUT2D eigenvalue weighted by Gasteiger charge is 2.49. The molecule has 248 valence electrons. The standard InChI is InChI=1S/C35H34FN5O5S2/c1-4-6-11-18-46-25-16-15-22(19-26(25)45-5-2)30-28(31(42)29-21(3)37-27-14-9-10-17-40(27)29)32(43)33(44)41(30)34-38-39-35(48-34)47-20-23-12-7-8-13-24(23)36/h7-10,12-17,19,30,42H,4-6,11,18,20H2,1-3H3/b31-28+. The fourth-order valence-electron chi connectivity index (χ4n) is 5.60. The Morgan fingerprint density at radius 3 is 2.62 bits per heavy atom. The molecule has 0 aliphatic carbocycles. The molecule has 0 spiro atoms. The lowest BCUT2D eigenvalue weighted by molar-refractivity contribution is -0.132. The van der Waals surface area contributed by atoms with E-state index in [4.69, 9.17) is 9.47 Å². The predicted molar refractivity (Wildman–Crippen MR) is 183 cm³/mol. The Labute approximate surface area is 285 Å². The number of aromatic nitrogens is 4. The normalized spacial score (nSPS) is 15.8. The van der Waals surface area contributed by atoms with Gasteiger partial charge in [0.05, 0.1) is 30.5 Å². The highest BCUT2D eigenvalue weighted by atomic mass is 32.2. The highest BCUT2D eigenvalue weighted by molar-refractivity contribution is 8.00. The van der Waals surface area contributed by atoms with Crippen LogP contribution in [0.1, 0.15) is 61.7 Å². The number of aryl methyl sites for hydroxylation is 1. The molecular formula is C35H34FN5O5S2. The second-order valence-electron chi connectivity index (χ2n) is 11.1. The SMILES string of the molecule is CCCCCOc1ccc(C2/C(=C(\O)c3c(C)nc4ccccn34)C(=O)C(=O)N2c2nnc(SCc3ccccc3F)s2)cc1OCC. The predicted octanol–water partition coefficient (Wildman–Crippen LogP) is 7.52. The molecular weight excluding hydrogens is 654 g/mol. The second kappa shape index (κ2) is 14.6. The molecule has 0 bridgehead atoms. The quantitative estimate of drug-likeness (QED) is 0.0335. The molecule has 1 atom stereocenters. The summed E-state index contributed by atoms with van der Waals surface area (Å²) in [6.07, 6.45) is 4.70. The number of halogens is 1. The Morgan fingerprint density at radius 2 is 1.83 bits per heavy atom. The van der Waals surface area contributed by atoms with Crippen molar-refractivity contribution in [2.24, 2.45) is 0 Å². The van der Waals surface area contributed by atoms with Crippen molar-refractivity contribution in [2.75, 3.05) is 18.1 Å². The number of pyridine rings is 1. The lowest BCUT2D eigenvalue weighted by Crippen LogP contribution is -2.29. The third-order valence-electron chi connectivity index (χ3n) is 7.87. The van der Waals surface area contributed by atoms with E-state index in [-0.39, 0.29) is 22.3 Å². The van der Waals surface area contributed by atoms with E-state index in [0.29, 0.717) is 63.0 Å². The molecule has 4 heterocycles. The molecule has 10 nitrogen and oxygen atoms in total. The minimum atomic E-state index is -1.08. The van der Waals surface area contributed by atoms with Crippen molar-refractivity contribution in [1.82, 2.24) is 19.6 Å². The molecule has 3 aromatic heterocycles. The van der Waals surface area contributed by atoms with E-state index < -0.39 is 17.7 Å². The van der Waals surface area contributed by atoms with Crippen LogP contribution in [0.15, 0.2) is 76.8 Å². The number of thioether (sulfide) groups is 1. The summed E-state index contributed by atoms with van der Waals surface area (Å²) in [5.74, 6) is -1.16. The van der Waals surface area contributed by atoms with Crippen molar-refractivity contribution in [2.45, 2.75) is 56.2 Å². The Bertz CT molecular complexity index is 2010. The van der Waals surface area contributed by atoms with E-state index in [9.17, 15) is 19.1 Å². The van der Waals surface area contributed by atoms with Crippen LogP contribution in [0.5, 0.6) is 11.5 Å². The van der Waals surface area contributed by atoms with Crippen LogP contribution in [0.4, 0.5) is 9.52 Å². The Balaban J connectivity index is 1.44. The van der Waals surface area contributed by atoms with Crippen LogP contribution in [-0.2, 0) is 15.3 Å². The molecule has 1 N–H and O–H groups in total. The van der Waals surface area contributed by atoms with E-state index in [2.05, 4.69) is 22.1 Å². The molecule has 1 fully saturated rings. The van der Waals surface area contributed by atoms with Crippen molar-refractivity contribution in [3.8, 4) is 11.5 Å². The second-order valence-corrected chi connectivity index (χ2v) is 13.2. The van der Waals surface area contributed by atoms with Crippen LogP contribution in [-0.4, -0.2) is 49.6 Å². The van der Waals surface area contributed by atoms with Gasteiger partial charge >= 0.3 is 5.91 Å². The molecule has 0 radical (unpaired) electrons. The van der Waals surface area contributed by atoms with Gasteiger partial charge in [-0.3, -0.25) is 18.9 Å². The molecule has 5 aromatic rings. The van der Waals surface area contributed by atoms with Crippen molar-refractivity contribution in [1.29, 1.82) is 0 Å². The molecule has 6 rings (SSSR count). The lowest BCUT2D eigenvalue weighted by atomic mass is 9.96. The maximum absolute atomic E-state index is 14.3. The number of Topliss-reactive ketones (excluding diaryl/α,β-unsaturated/α-hetero) is 1. The molecule has 1 saturated heterocycles. The molecule has 13 heteroatoms. The van der Waals surface area contributed by atoms with Gasteiger partial charge in [-0.1, -0.05) is 73.2 Å². The third kappa shape index (κ3) is 6.52. The number of rotatable bonds is 13. The molecule has 48 heavy (non-hydrogen) atoms. The Kier molecular flexibility index (Phi) is 10.1. The largest absolute Gasteiger partial charge is 0.505 e. The van der Waals surface area contributed by atoms with Crippen molar-refractivity contribution in [3.05, 3.63) is 101 Å². The number of hydrogen-bond donors (Lipinski definition) is 1. The molecule has 2 aromatic carbocycles. The highest BCUT2D eigenvalue weighted by Crippen LogP contribution is 2.46. The van der Waals surface area contributed by atoms with Crippen LogP contribution < -0.4 is 14.4 Å². The molecule has 1 amide bonds. The number of nitrogens with zero attached hydrogens (tertiary/aromatic N) is 5. The number of anilines is 1. The zero-order valence-electron chi connectivity index (χ0n) is 26.7. The van der Waals surface area contributed by atoms with Gasteiger partial charge in [0.25, 0.3) is 5.78 Å². The summed E-state index contributed by atoms with van der Waals surface area (Å²) < 4.78 is 28.4. The van der Waals surface area contributed by atoms with Crippen molar-refractivity contribution in [3.63, 3.8) is 0 Å². The first kappa shape index (κ1) is 33.2. The van der Waals surface area contributed by atoms with Crippen molar-refractivity contribution < 1.29 is 28.6 Å². The van der Waals surface area contributed by atoms with Crippen LogP contribution in [0.2, 0.25) is 0 Å². The van der Waals surface area contributed by atoms with Crippen molar-refractivity contribution >= 4 is 51.3 Å². The fourth-order valence-corrected chi connectivity index (χ4v) is 7.46. The number of amides is 1. The number of imidazole rings is 1. The van der Waals surface area contributed by atoms with Gasteiger partial charge in [-0.15, -0.1) is 10.2 Å². The first-order chi connectivity index (χ1) is 23.3. The number of carbonyl (C=O) groups excluding carboxylic acids is 2. The van der Waals surface area contributed by atoms with Gasteiger partial charge < -0.3 is 14.6 Å². The number of hydrogen-bond acceptors (Lipinski definition) is 10. The molecule has 1 aliphatic rings. The van der Waals surface area contributed by atoms with Gasteiger partial charge in [-0.25, -0.2) is 9.37 Å². The van der Waals surface area contributed by atoms with Gasteiger partial charge in [0.15, 0.2) is 21.6 Å². The smallest absolute Gasteiger partial charge is 0.301 e. The first-order valence-electron chi connectivity index (χ1n) is 15.7. The number of benzene rings is 2. The number of carbonyl (C=O) groups is 2. The minimum Gasteiger partial charge on any atom is -0.505 e. The molecule has 1 aliphatic heterocycles.